The number of ether oxygens (including phenoxy) is 1. The molecule has 1 aliphatic rings. The second kappa shape index (κ2) is 5.87. The topological polar surface area (TPSA) is 75.3 Å². The maximum atomic E-state index is 12.0. The Kier molecular flexibility index (Phi) is 4.34. The van der Waals surface area contributed by atoms with Crippen LogP contribution in [0.15, 0.2) is 10.9 Å². The molecule has 0 saturated carbocycles. The Morgan fingerprint density at radius 3 is 2.52 bits per heavy atom. The van der Waals surface area contributed by atoms with E-state index in [-0.39, 0.29) is 17.7 Å². The van der Waals surface area contributed by atoms with Gasteiger partial charge >= 0.3 is 11.8 Å². The van der Waals surface area contributed by atoms with Gasteiger partial charge in [-0.3, -0.25) is 0 Å². The van der Waals surface area contributed by atoms with Gasteiger partial charge in [-0.05, 0) is 46.6 Å². The van der Waals surface area contributed by atoms with Crippen LogP contribution in [0.5, 0.6) is 0 Å². The molecule has 1 aliphatic heterocycles. The zero-order valence-electron chi connectivity index (χ0n) is 13.1. The molecule has 1 aromatic rings. The quantitative estimate of drug-likeness (QED) is 0.861. The standard InChI is InChI=1S/C15H23N3O3/c1-10-9-12(17-13(19)16-10)11-5-7-18(8-6-11)14(20)21-15(2,3)4/h9,11H,5-8H2,1-4H3,(H,16,17,19). The third-order valence-corrected chi connectivity index (χ3v) is 3.46. The van der Waals surface area contributed by atoms with E-state index in [0.29, 0.717) is 13.1 Å². The Balaban J connectivity index is 1.97. The zero-order valence-corrected chi connectivity index (χ0v) is 13.1. The molecule has 1 fully saturated rings. The molecule has 0 bridgehead atoms. The van der Waals surface area contributed by atoms with Crippen LogP contribution in [0.1, 0.15) is 50.9 Å². The van der Waals surface area contributed by atoms with Crippen molar-refractivity contribution >= 4 is 6.09 Å². The monoisotopic (exact) mass is 293 g/mol. The zero-order chi connectivity index (χ0) is 15.6. The summed E-state index contributed by atoms with van der Waals surface area (Å²) < 4.78 is 5.37. The van der Waals surface area contributed by atoms with E-state index in [1.807, 2.05) is 33.8 Å². The van der Waals surface area contributed by atoms with E-state index < -0.39 is 5.60 Å². The maximum absolute atomic E-state index is 12.0. The summed E-state index contributed by atoms with van der Waals surface area (Å²) in [6.45, 7) is 8.70. The summed E-state index contributed by atoms with van der Waals surface area (Å²) in [6, 6.07) is 1.91. The van der Waals surface area contributed by atoms with Gasteiger partial charge in [-0.2, -0.15) is 4.98 Å². The van der Waals surface area contributed by atoms with Crippen molar-refractivity contribution in [2.45, 2.75) is 52.1 Å². The highest BCUT2D eigenvalue weighted by Gasteiger charge is 2.28. The van der Waals surface area contributed by atoms with Crippen molar-refractivity contribution in [2.75, 3.05) is 13.1 Å². The molecular formula is C15H23N3O3. The van der Waals surface area contributed by atoms with E-state index in [9.17, 15) is 9.59 Å². The van der Waals surface area contributed by atoms with Crippen molar-refractivity contribution in [1.29, 1.82) is 0 Å². The summed E-state index contributed by atoms with van der Waals surface area (Å²) in [5.41, 5.74) is 0.860. The molecule has 1 amide bonds. The van der Waals surface area contributed by atoms with Gasteiger partial charge in [0.1, 0.15) is 5.60 Å². The van der Waals surface area contributed by atoms with Gasteiger partial charge in [-0.25, -0.2) is 9.59 Å². The van der Waals surface area contributed by atoms with Crippen LogP contribution < -0.4 is 5.69 Å². The van der Waals surface area contributed by atoms with Crippen molar-refractivity contribution in [3.63, 3.8) is 0 Å². The van der Waals surface area contributed by atoms with E-state index in [4.69, 9.17) is 4.74 Å². The number of amides is 1. The molecule has 0 aliphatic carbocycles. The van der Waals surface area contributed by atoms with Crippen LogP contribution in [0.3, 0.4) is 0 Å². The predicted molar refractivity (Wildman–Crippen MR) is 79.4 cm³/mol. The van der Waals surface area contributed by atoms with E-state index in [1.54, 1.807) is 4.90 Å². The summed E-state index contributed by atoms with van der Waals surface area (Å²) in [5.74, 6) is 0.227. The third-order valence-electron chi connectivity index (χ3n) is 3.46. The minimum Gasteiger partial charge on any atom is -0.444 e. The number of aromatic amines is 1. The van der Waals surface area contributed by atoms with Gasteiger partial charge in [-0.1, -0.05) is 0 Å². The molecule has 0 unspecified atom stereocenters. The first kappa shape index (κ1) is 15.5. The van der Waals surface area contributed by atoms with Crippen LogP contribution in [0.4, 0.5) is 4.79 Å². The Morgan fingerprint density at radius 2 is 2.00 bits per heavy atom. The van der Waals surface area contributed by atoms with Crippen LogP contribution in [0.2, 0.25) is 0 Å². The van der Waals surface area contributed by atoms with Crippen molar-refractivity contribution in [3.8, 4) is 0 Å². The SMILES string of the molecule is Cc1cc(C2CCN(C(=O)OC(C)(C)C)CC2)nc(=O)[nH]1. The molecule has 1 N–H and O–H groups in total. The number of carbonyl (C=O) groups excluding carboxylic acids is 1. The molecule has 21 heavy (non-hydrogen) atoms. The first-order chi connectivity index (χ1) is 9.74. The average Bonchev–Trinajstić information content (AvgIpc) is 2.35. The lowest BCUT2D eigenvalue weighted by atomic mass is 9.93. The van der Waals surface area contributed by atoms with Crippen LogP contribution >= 0.6 is 0 Å². The number of carbonyl (C=O) groups is 1. The number of hydrogen-bond donors (Lipinski definition) is 1. The van der Waals surface area contributed by atoms with Gasteiger partial charge < -0.3 is 14.6 Å². The Morgan fingerprint density at radius 1 is 1.38 bits per heavy atom. The highest BCUT2D eigenvalue weighted by atomic mass is 16.6. The van der Waals surface area contributed by atoms with Crippen molar-refractivity contribution in [3.05, 3.63) is 27.9 Å². The number of piperidine rings is 1. The van der Waals surface area contributed by atoms with E-state index in [2.05, 4.69) is 9.97 Å². The minimum atomic E-state index is -0.473. The summed E-state index contributed by atoms with van der Waals surface area (Å²) in [7, 11) is 0. The summed E-state index contributed by atoms with van der Waals surface area (Å²) in [4.78, 5) is 31.8. The number of nitrogens with zero attached hydrogens (tertiary/aromatic N) is 2. The fourth-order valence-corrected chi connectivity index (χ4v) is 2.50. The van der Waals surface area contributed by atoms with Gasteiger partial charge in [0.25, 0.3) is 0 Å². The second-order valence-electron chi connectivity index (χ2n) is 6.54. The molecule has 116 valence electrons. The smallest absolute Gasteiger partial charge is 0.410 e. The van der Waals surface area contributed by atoms with E-state index in [0.717, 1.165) is 24.2 Å². The minimum absolute atomic E-state index is 0.227. The highest BCUT2D eigenvalue weighted by Crippen LogP contribution is 2.27. The van der Waals surface area contributed by atoms with Crippen LogP contribution in [0.25, 0.3) is 0 Å². The largest absolute Gasteiger partial charge is 0.444 e. The Hall–Kier alpha value is -1.85. The first-order valence-electron chi connectivity index (χ1n) is 7.30. The molecule has 2 heterocycles. The average molecular weight is 293 g/mol. The number of likely N-dealkylation sites (tertiary alicyclic amines) is 1. The van der Waals surface area contributed by atoms with E-state index >= 15 is 0 Å². The molecule has 6 nitrogen and oxygen atoms in total. The second-order valence-corrected chi connectivity index (χ2v) is 6.54. The fraction of sp³-hybridized carbons (Fsp3) is 0.667. The number of aryl methyl sites for hydroxylation is 1. The molecular weight excluding hydrogens is 270 g/mol. The highest BCUT2D eigenvalue weighted by molar-refractivity contribution is 5.68. The third kappa shape index (κ3) is 4.31. The lowest BCUT2D eigenvalue weighted by Gasteiger charge is -2.33. The number of aromatic nitrogens is 2. The number of nitrogens with one attached hydrogen (secondary N) is 1. The normalized spacial score (nSPS) is 16.9. The van der Waals surface area contributed by atoms with Crippen molar-refractivity contribution < 1.29 is 9.53 Å². The van der Waals surface area contributed by atoms with E-state index in [1.165, 1.54) is 0 Å². The molecule has 0 atom stereocenters. The van der Waals surface area contributed by atoms with Gasteiger partial charge in [0, 0.05) is 24.7 Å². The summed E-state index contributed by atoms with van der Waals surface area (Å²) in [5, 5.41) is 0. The lowest BCUT2D eigenvalue weighted by molar-refractivity contribution is 0.0204. The first-order valence-corrected chi connectivity index (χ1v) is 7.30. The van der Waals surface area contributed by atoms with Gasteiger partial charge in [0.05, 0.1) is 5.69 Å². The molecule has 1 saturated heterocycles. The van der Waals surface area contributed by atoms with Gasteiger partial charge in [0.15, 0.2) is 0 Å². The number of rotatable bonds is 1. The van der Waals surface area contributed by atoms with Crippen LogP contribution in [-0.2, 0) is 4.74 Å². The van der Waals surface area contributed by atoms with Crippen molar-refractivity contribution in [2.24, 2.45) is 0 Å². The lowest BCUT2D eigenvalue weighted by Crippen LogP contribution is -2.41. The maximum Gasteiger partial charge on any atom is 0.410 e. The van der Waals surface area contributed by atoms with Crippen molar-refractivity contribution in [1.82, 2.24) is 14.9 Å². The summed E-state index contributed by atoms with van der Waals surface area (Å²) >= 11 is 0. The molecule has 1 aromatic heterocycles. The summed E-state index contributed by atoms with van der Waals surface area (Å²) in [6.07, 6.45) is 1.33. The number of hydrogen-bond acceptors (Lipinski definition) is 4. The molecule has 0 radical (unpaired) electrons. The molecule has 2 rings (SSSR count). The number of H-pyrrole nitrogens is 1. The Bertz CT molecular complexity index is 566. The fourth-order valence-electron chi connectivity index (χ4n) is 2.50. The molecule has 6 heteroatoms. The van der Waals surface area contributed by atoms with Gasteiger partial charge in [0.2, 0.25) is 0 Å². The van der Waals surface area contributed by atoms with Crippen LogP contribution in [0, 0.1) is 6.92 Å². The van der Waals surface area contributed by atoms with Gasteiger partial charge in [-0.15, -0.1) is 0 Å². The Labute approximate surface area is 124 Å². The molecule has 0 aromatic carbocycles. The van der Waals surface area contributed by atoms with Crippen LogP contribution in [-0.4, -0.2) is 39.7 Å². The predicted octanol–water partition coefficient (Wildman–Crippen LogP) is 2.19. The molecule has 0 spiro atoms.